The second-order valence-corrected chi connectivity index (χ2v) is 11.5. The summed E-state index contributed by atoms with van der Waals surface area (Å²) in [5.74, 6) is 1.49. The Balaban J connectivity index is 1.20. The van der Waals surface area contributed by atoms with Crippen LogP contribution in [0, 0.1) is 5.92 Å². The van der Waals surface area contributed by atoms with Crippen molar-refractivity contribution < 1.29 is 0 Å². The van der Waals surface area contributed by atoms with Crippen molar-refractivity contribution in [1.29, 1.82) is 0 Å². The normalized spacial score (nSPS) is 19.9. The molecule has 0 amide bonds. The third kappa shape index (κ3) is 4.75. The van der Waals surface area contributed by atoms with Gasteiger partial charge in [-0.1, -0.05) is 18.2 Å². The van der Waals surface area contributed by atoms with Gasteiger partial charge in [-0.25, -0.2) is 9.97 Å². The summed E-state index contributed by atoms with van der Waals surface area (Å²) in [5, 5.41) is 4.19. The number of aryl methyl sites for hydroxylation is 1. The second kappa shape index (κ2) is 10.1. The molecule has 2 fully saturated rings. The van der Waals surface area contributed by atoms with Crippen LogP contribution >= 0.6 is 0 Å². The highest BCUT2D eigenvalue weighted by Gasteiger charge is 2.29. The number of allylic oxidation sites excluding steroid dienone is 1. The van der Waals surface area contributed by atoms with Crippen LogP contribution in [0.25, 0.3) is 11.0 Å². The third-order valence-corrected chi connectivity index (χ3v) is 8.56. The van der Waals surface area contributed by atoms with E-state index in [1.54, 1.807) is 12.5 Å². The topological polar surface area (TPSA) is 93.2 Å². The minimum absolute atomic E-state index is 0.0545. The summed E-state index contributed by atoms with van der Waals surface area (Å²) in [4.78, 5) is 34.7. The van der Waals surface area contributed by atoms with Crippen molar-refractivity contribution in [2.75, 3.05) is 25.5 Å². The maximum atomic E-state index is 14.0. The molecule has 1 aliphatic carbocycles. The van der Waals surface area contributed by atoms with Crippen LogP contribution in [0.5, 0.6) is 0 Å². The number of pyridine rings is 1. The molecule has 40 heavy (non-hydrogen) atoms. The number of fused-ring (bicyclic) bond motifs is 1. The molecule has 2 aliphatic heterocycles. The third-order valence-electron chi connectivity index (χ3n) is 8.56. The van der Waals surface area contributed by atoms with Crippen LogP contribution in [-0.2, 0) is 13.6 Å². The number of hydrogen-bond acceptors (Lipinski definition) is 7. The fourth-order valence-electron chi connectivity index (χ4n) is 5.96. The molecule has 1 unspecified atom stereocenters. The van der Waals surface area contributed by atoms with Gasteiger partial charge in [0, 0.05) is 49.0 Å². The Bertz CT molecular complexity index is 1670. The molecule has 1 saturated heterocycles. The molecule has 1 saturated carbocycles. The Kier molecular flexibility index (Phi) is 6.31. The highest BCUT2D eigenvalue weighted by Crippen LogP contribution is 2.33. The predicted octanol–water partition coefficient (Wildman–Crippen LogP) is 4.59. The molecule has 3 aromatic heterocycles. The van der Waals surface area contributed by atoms with Gasteiger partial charge in [0.15, 0.2) is 0 Å². The Hall–Kier alpha value is -4.11. The first-order chi connectivity index (χ1) is 19.5. The van der Waals surface area contributed by atoms with Crippen molar-refractivity contribution in [3.05, 3.63) is 88.5 Å². The van der Waals surface area contributed by atoms with Crippen molar-refractivity contribution in [3.63, 3.8) is 0 Å². The predicted molar refractivity (Wildman–Crippen MR) is 157 cm³/mol. The number of aromatic nitrogens is 5. The molecule has 0 bridgehead atoms. The number of nitrogens with one attached hydrogen (secondary N) is 1. The molecule has 5 heterocycles. The molecule has 9 heteroatoms. The summed E-state index contributed by atoms with van der Waals surface area (Å²) in [7, 11) is 4.15. The Morgan fingerprint density at radius 1 is 1.02 bits per heavy atom. The molecule has 1 atom stereocenters. The zero-order valence-electron chi connectivity index (χ0n) is 23.0. The number of imidazole rings is 1. The SMILES string of the molecule is CN1CCC(c2ccc(Nc3ncc4cc(C5=NC=CC5c5cncn5C)c(=O)n(CC5CC5)c4n3)cc2)CC1. The number of hydrogen-bond donors (Lipinski definition) is 1. The standard InChI is InChI=1S/C31H34N8O/c1-37-13-10-22(11-14-37)21-5-7-24(8-6-21)35-31-34-16-23-15-26(30(40)39(29(23)36-31)18-20-3-4-20)28-25(9-12-33-28)27-17-32-19-38(27)2/h5-9,12,15-17,19-20,22,25H,3-4,10-11,13-14,18H2,1-2H3,(H,34,35,36). The molecular formula is C31H34N8O. The van der Waals surface area contributed by atoms with Gasteiger partial charge in [0.2, 0.25) is 5.95 Å². The minimum atomic E-state index is -0.119. The number of rotatable bonds is 7. The number of benzene rings is 1. The molecular weight excluding hydrogens is 500 g/mol. The molecule has 1 aromatic carbocycles. The van der Waals surface area contributed by atoms with E-state index in [0.717, 1.165) is 48.4 Å². The summed E-state index contributed by atoms with van der Waals surface area (Å²) >= 11 is 0. The molecule has 204 valence electrons. The average Bonchev–Trinajstić information content (AvgIpc) is 3.48. The van der Waals surface area contributed by atoms with Gasteiger partial charge in [0.1, 0.15) is 5.65 Å². The van der Waals surface area contributed by atoms with Crippen molar-refractivity contribution >= 4 is 28.4 Å². The fraction of sp³-hybridized carbons (Fsp3) is 0.387. The van der Waals surface area contributed by atoms with Crippen LogP contribution in [0.1, 0.15) is 54.3 Å². The molecule has 0 radical (unpaired) electrons. The van der Waals surface area contributed by atoms with Crippen LogP contribution in [0.15, 0.2) is 71.1 Å². The van der Waals surface area contributed by atoms with E-state index < -0.39 is 0 Å². The summed E-state index contributed by atoms with van der Waals surface area (Å²) < 4.78 is 3.81. The molecule has 9 nitrogen and oxygen atoms in total. The summed E-state index contributed by atoms with van der Waals surface area (Å²) in [6.45, 7) is 2.95. The van der Waals surface area contributed by atoms with Crippen LogP contribution in [0.2, 0.25) is 0 Å². The van der Waals surface area contributed by atoms with E-state index in [2.05, 4.69) is 56.5 Å². The quantitative estimate of drug-likeness (QED) is 0.373. The van der Waals surface area contributed by atoms with E-state index in [-0.39, 0.29) is 11.5 Å². The van der Waals surface area contributed by atoms with Gasteiger partial charge in [-0.3, -0.25) is 14.4 Å². The first-order valence-corrected chi connectivity index (χ1v) is 14.2. The Labute approximate surface area is 233 Å². The fourth-order valence-corrected chi connectivity index (χ4v) is 5.96. The van der Waals surface area contributed by atoms with E-state index >= 15 is 0 Å². The summed E-state index contributed by atoms with van der Waals surface area (Å²) in [5.41, 5.74) is 5.26. The first kappa shape index (κ1) is 24.9. The monoisotopic (exact) mass is 534 g/mol. The summed E-state index contributed by atoms with van der Waals surface area (Å²) in [6, 6.07) is 10.5. The van der Waals surface area contributed by atoms with Crippen molar-refractivity contribution in [2.24, 2.45) is 18.0 Å². The Morgan fingerprint density at radius 2 is 1.82 bits per heavy atom. The molecule has 4 aromatic rings. The van der Waals surface area contributed by atoms with Gasteiger partial charge in [0.25, 0.3) is 5.56 Å². The zero-order valence-corrected chi connectivity index (χ0v) is 23.0. The van der Waals surface area contributed by atoms with Gasteiger partial charge in [-0.05, 0) is 81.4 Å². The first-order valence-electron chi connectivity index (χ1n) is 14.2. The van der Waals surface area contributed by atoms with Crippen molar-refractivity contribution in [1.82, 2.24) is 29.0 Å². The van der Waals surface area contributed by atoms with Gasteiger partial charge in [0.05, 0.1) is 23.5 Å². The van der Waals surface area contributed by atoms with E-state index in [0.29, 0.717) is 35.5 Å². The highest BCUT2D eigenvalue weighted by atomic mass is 16.1. The van der Waals surface area contributed by atoms with E-state index in [4.69, 9.17) is 4.98 Å². The van der Waals surface area contributed by atoms with Crippen molar-refractivity contribution in [3.8, 4) is 0 Å². The van der Waals surface area contributed by atoms with Gasteiger partial charge in [-0.2, -0.15) is 4.98 Å². The van der Waals surface area contributed by atoms with Crippen LogP contribution < -0.4 is 10.9 Å². The maximum absolute atomic E-state index is 14.0. The minimum Gasteiger partial charge on any atom is -0.337 e. The lowest BCUT2D eigenvalue weighted by Gasteiger charge is -2.29. The van der Waals surface area contributed by atoms with Gasteiger partial charge in [-0.15, -0.1) is 0 Å². The van der Waals surface area contributed by atoms with Crippen LogP contribution in [0.3, 0.4) is 0 Å². The number of nitrogens with zero attached hydrogens (tertiary/aromatic N) is 7. The molecule has 0 spiro atoms. The highest BCUT2D eigenvalue weighted by molar-refractivity contribution is 6.08. The lowest BCUT2D eigenvalue weighted by atomic mass is 9.89. The average molecular weight is 535 g/mol. The summed E-state index contributed by atoms with van der Waals surface area (Å²) in [6.07, 6.45) is 13.9. The largest absolute Gasteiger partial charge is 0.337 e. The van der Waals surface area contributed by atoms with E-state index in [1.165, 1.54) is 18.4 Å². The number of piperidine rings is 1. The van der Waals surface area contributed by atoms with E-state index in [1.807, 2.05) is 40.7 Å². The van der Waals surface area contributed by atoms with E-state index in [9.17, 15) is 4.79 Å². The number of anilines is 2. The lowest BCUT2D eigenvalue weighted by molar-refractivity contribution is 0.255. The smallest absolute Gasteiger partial charge is 0.261 e. The maximum Gasteiger partial charge on any atom is 0.261 e. The molecule has 7 rings (SSSR count). The van der Waals surface area contributed by atoms with Gasteiger partial charge >= 0.3 is 0 Å². The van der Waals surface area contributed by atoms with Crippen LogP contribution in [0.4, 0.5) is 11.6 Å². The molecule has 3 aliphatic rings. The van der Waals surface area contributed by atoms with Crippen molar-refractivity contribution in [2.45, 2.75) is 44.1 Å². The second-order valence-electron chi connectivity index (χ2n) is 11.5. The van der Waals surface area contributed by atoms with Gasteiger partial charge < -0.3 is 14.8 Å². The lowest BCUT2D eigenvalue weighted by Crippen LogP contribution is -2.30. The zero-order chi connectivity index (χ0) is 27.2. The number of likely N-dealkylation sites (tertiary alicyclic amines) is 1. The van der Waals surface area contributed by atoms with Crippen LogP contribution in [-0.4, -0.2) is 54.8 Å². The molecule has 1 N–H and O–H groups in total. The number of aliphatic imine (C=N–C) groups is 1. The Morgan fingerprint density at radius 3 is 2.55 bits per heavy atom.